The molecule has 0 aliphatic rings. The van der Waals surface area contributed by atoms with Crippen LogP contribution in [0.25, 0.3) is 0 Å². The molecule has 0 aliphatic carbocycles. The number of aryl methyl sites for hydroxylation is 1. The summed E-state index contributed by atoms with van der Waals surface area (Å²) < 4.78 is 24.9. The molecule has 1 atom stereocenters. The molecule has 2 aromatic carbocycles. The third kappa shape index (κ3) is 2.96. The second kappa shape index (κ2) is 5.31. The number of hydrogen-bond acceptors (Lipinski definition) is 2. The predicted molar refractivity (Wildman–Crippen MR) is 72.1 cm³/mol. The van der Waals surface area contributed by atoms with Gasteiger partial charge in [0.05, 0.1) is 21.4 Å². The maximum atomic E-state index is 12.8. The van der Waals surface area contributed by atoms with E-state index in [1.165, 1.54) is 12.1 Å². The van der Waals surface area contributed by atoms with Crippen LogP contribution in [0.15, 0.2) is 47.4 Å². The molecule has 0 radical (unpaired) electrons. The third-order valence-corrected chi connectivity index (χ3v) is 4.08. The second-order valence-electron chi connectivity index (χ2n) is 4.16. The number of nitrogen functional groups attached to an aromatic ring is 1. The van der Waals surface area contributed by atoms with Crippen molar-refractivity contribution in [1.82, 2.24) is 0 Å². The molecule has 0 aromatic heterocycles. The molecule has 18 heavy (non-hydrogen) atoms. The van der Waals surface area contributed by atoms with Crippen molar-refractivity contribution in [1.29, 1.82) is 0 Å². The van der Waals surface area contributed by atoms with E-state index in [2.05, 4.69) is 0 Å². The van der Waals surface area contributed by atoms with Gasteiger partial charge in [-0.3, -0.25) is 4.21 Å². The zero-order valence-corrected chi connectivity index (χ0v) is 10.8. The highest BCUT2D eigenvalue weighted by Crippen LogP contribution is 2.20. The molecule has 2 nitrogen and oxygen atoms in total. The molecule has 0 fully saturated rings. The van der Waals surface area contributed by atoms with E-state index in [-0.39, 0.29) is 5.82 Å². The first kappa shape index (κ1) is 12.8. The van der Waals surface area contributed by atoms with Gasteiger partial charge in [0.1, 0.15) is 5.82 Å². The van der Waals surface area contributed by atoms with Crippen LogP contribution in [0.1, 0.15) is 11.1 Å². The highest BCUT2D eigenvalue weighted by molar-refractivity contribution is 7.84. The van der Waals surface area contributed by atoms with Gasteiger partial charge in [0, 0.05) is 5.69 Å². The van der Waals surface area contributed by atoms with Crippen LogP contribution in [0.2, 0.25) is 0 Å². The standard InChI is InChI=1S/C14H14FNOS/c1-10-2-7-14(13(16)8-10)18(17)9-11-3-5-12(15)6-4-11/h2-8H,9,16H2,1H3. The van der Waals surface area contributed by atoms with Crippen molar-refractivity contribution in [3.63, 3.8) is 0 Å². The van der Waals surface area contributed by atoms with Crippen LogP contribution in [0.4, 0.5) is 10.1 Å². The van der Waals surface area contributed by atoms with E-state index >= 15 is 0 Å². The second-order valence-corrected chi connectivity index (χ2v) is 5.58. The summed E-state index contributed by atoms with van der Waals surface area (Å²) in [5.74, 6) is 0.0486. The van der Waals surface area contributed by atoms with Crippen molar-refractivity contribution < 1.29 is 8.60 Å². The Hall–Kier alpha value is -1.68. The third-order valence-electron chi connectivity index (χ3n) is 2.62. The quantitative estimate of drug-likeness (QED) is 0.865. The topological polar surface area (TPSA) is 43.1 Å². The Morgan fingerprint density at radius 3 is 2.44 bits per heavy atom. The lowest BCUT2D eigenvalue weighted by Gasteiger charge is -2.07. The van der Waals surface area contributed by atoms with Crippen molar-refractivity contribution in [2.24, 2.45) is 0 Å². The average molecular weight is 263 g/mol. The van der Waals surface area contributed by atoms with E-state index < -0.39 is 10.8 Å². The Labute approximate surface area is 108 Å². The van der Waals surface area contributed by atoms with Crippen LogP contribution >= 0.6 is 0 Å². The Bertz CT molecular complexity index is 581. The molecule has 0 saturated heterocycles. The summed E-state index contributed by atoms with van der Waals surface area (Å²) in [6.07, 6.45) is 0. The Kier molecular flexibility index (Phi) is 3.77. The number of hydrogen-bond donors (Lipinski definition) is 1. The number of rotatable bonds is 3. The Balaban J connectivity index is 2.19. The summed E-state index contributed by atoms with van der Waals surface area (Å²) in [6.45, 7) is 1.93. The van der Waals surface area contributed by atoms with Crippen LogP contribution in [-0.4, -0.2) is 4.21 Å². The SMILES string of the molecule is Cc1ccc(S(=O)Cc2ccc(F)cc2)c(N)c1. The maximum absolute atomic E-state index is 12.8. The summed E-state index contributed by atoms with van der Waals surface area (Å²) in [5.41, 5.74) is 8.25. The molecule has 0 spiro atoms. The normalized spacial score (nSPS) is 12.3. The van der Waals surface area contributed by atoms with Gasteiger partial charge in [0.15, 0.2) is 0 Å². The summed E-state index contributed by atoms with van der Waals surface area (Å²) >= 11 is 0. The fraction of sp³-hybridized carbons (Fsp3) is 0.143. The molecule has 2 aromatic rings. The van der Waals surface area contributed by atoms with Crippen molar-refractivity contribution in [2.75, 3.05) is 5.73 Å². The molecule has 2 N–H and O–H groups in total. The minimum absolute atomic E-state index is 0.292. The van der Waals surface area contributed by atoms with Crippen molar-refractivity contribution >= 4 is 16.5 Å². The number of halogens is 1. The molecule has 1 unspecified atom stereocenters. The predicted octanol–water partition coefficient (Wildman–Crippen LogP) is 3.02. The van der Waals surface area contributed by atoms with Gasteiger partial charge in [0.25, 0.3) is 0 Å². The van der Waals surface area contributed by atoms with Crippen molar-refractivity contribution in [2.45, 2.75) is 17.6 Å². The van der Waals surface area contributed by atoms with Gasteiger partial charge < -0.3 is 5.73 Å². The minimum Gasteiger partial charge on any atom is -0.398 e. The first-order chi connectivity index (χ1) is 8.56. The smallest absolute Gasteiger partial charge is 0.123 e. The molecule has 0 heterocycles. The molecule has 0 bridgehead atoms. The van der Waals surface area contributed by atoms with Crippen LogP contribution < -0.4 is 5.73 Å². The molecule has 0 aliphatic heterocycles. The lowest BCUT2D eigenvalue weighted by Crippen LogP contribution is -2.01. The van der Waals surface area contributed by atoms with Crippen LogP contribution in [-0.2, 0) is 16.6 Å². The number of anilines is 1. The first-order valence-electron chi connectivity index (χ1n) is 5.55. The number of nitrogens with two attached hydrogens (primary N) is 1. The molecular formula is C14H14FNOS. The average Bonchev–Trinajstić information content (AvgIpc) is 2.32. The van der Waals surface area contributed by atoms with Crippen LogP contribution in [0.5, 0.6) is 0 Å². The fourth-order valence-corrected chi connectivity index (χ4v) is 2.88. The summed E-state index contributed by atoms with van der Waals surface area (Å²) in [5, 5.41) is 0. The van der Waals surface area contributed by atoms with E-state index in [4.69, 9.17) is 5.73 Å². The largest absolute Gasteiger partial charge is 0.398 e. The van der Waals surface area contributed by atoms with E-state index in [1.54, 1.807) is 24.3 Å². The zero-order valence-electron chi connectivity index (χ0n) is 10.0. The first-order valence-corrected chi connectivity index (χ1v) is 6.87. The van der Waals surface area contributed by atoms with Crippen LogP contribution in [0, 0.1) is 12.7 Å². The van der Waals surface area contributed by atoms with Gasteiger partial charge in [-0.25, -0.2) is 4.39 Å². The lowest BCUT2D eigenvalue weighted by molar-refractivity contribution is 0.627. The Morgan fingerprint density at radius 2 is 1.83 bits per heavy atom. The summed E-state index contributed by atoms with van der Waals surface area (Å²) in [7, 11) is -1.21. The Morgan fingerprint density at radius 1 is 1.17 bits per heavy atom. The van der Waals surface area contributed by atoms with Crippen molar-refractivity contribution in [3.05, 3.63) is 59.4 Å². The van der Waals surface area contributed by atoms with E-state index in [0.717, 1.165) is 11.1 Å². The van der Waals surface area contributed by atoms with E-state index in [1.807, 2.05) is 13.0 Å². The van der Waals surface area contributed by atoms with E-state index in [9.17, 15) is 8.60 Å². The monoisotopic (exact) mass is 263 g/mol. The molecular weight excluding hydrogens is 249 g/mol. The molecule has 94 valence electrons. The summed E-state index contributed by atoms with van der Waals surface area (Å²) in [4.78, 5) is 0.630. The van der Waals surface area contributed by atoms with Gasteiger partial charge in [-0.1, -0.05) is 18.2 Å². The summed E-state index contributed by atoms with van der Waals surface area (Å²) in [6, 6.07) is 11.5. The maximum Gasteiger partial charge on any atom is 0.123 e. The molecule has 0 amide bonds. The van der Waals surface area contributed by atoms with Crippen molar-refractivity contribution in [3.8, 4) is 0 Å². The van der Waals surface area contributed by atoms with Gasteiger partial charge in [0.2, 0.25) is 0 Å². The van der Waals surface area contributed by atoms with Crippen LogP contribution in [0.3, 0.4) is 0 Å². The van der Waals surface area contributed by atoms with Gasteiger partial charge in [-0.15, -0.1) is 0 Å². The number of benzene rings is 2. The molecule has 4 heteroatoms. The van der Waals surface area contributed by atoms with E-state index in [0.29, 0.717) is 16.3 Å². The minimum atomic E-state index is -1.21. The zero-order chi connectivity index (χ0) is 13.1. The van der Waals surface area contributed by atoms with Gasteiger partial charge in [-0.05, 0) is 42.3 Å². The van der Waals surface area contributed by atoms with Gasteiger partial charge >= 0.3 is 0 Å². The lowest BCUT2D eigenvalue weighted by atomic mass is 10.2. The van der Waals surface area contributed by atoms with Gasteiger partial charge in [-0.2, -0.15) is 0 Å². The highest BCUT2D eigenvalue weighted by atomic mass is 32.2. The molecule has 2 rings (SSSR count). The fourth-order valence-electron chi connectivity index (χ4n) is 1.68. The molecule has 0 saturated carbocycles. The highest BCUT2D eigenvalue weighted by Gasteiger charge is 2.09.